The van der Waals surface area contributed by atoms with Gasteiger partial charge in [-0.25, -0.2) is 4.79 Å². The lowest BCUT2D eigenvalue weighted by atomic mass is 9.84. The molecule has 8 heteroatoms. The Morgan fingerprint density at radius 1 is 0.776 bits per heavy atom. The maximum atomic E-state index is 13.8. The van der Waals surface area contributed by atoms with Crippen molar-refractivity contribution in [3.8, 4) is 0 Å². The van der Waals surface area contributed by atoms with Crippen LogP contribution in [0.1, 0.15) is 110 Å². The average molecular weight is 678 g/mol. The number of thiophene rings is 1. The maximum Gasteiger partial charge on any atom is 0.337 e. The molecule has 7 nitrogen and oxygen atoms in total. The lowest BCUT2D eigenvalue weighted by Gasteiger charge is -2.28. The Balaban J connectivity index is 1.09. The smallest absolute Gasteiger partial charge is 0.337 e. The van der Waals surface area contributed by atoms with Gasteiger partial charge >= 0.3 is 5.97 Å². The van der Waals surface area contributed by atoms with Gasteiger partial charge in [-0.3, -0.25) is 9.59 Å². The number of aryl methyl sites for hydroxylation is 3. The fourth-order valence-electron chi connectivity index (χ4n) is 7.13. The van der Waals surface area contributed by atoms with Crippen molar-refractivity contribution in [3.05, 3.63) is 117 Å². The summed E-state index contributed by atoms with van der Waals surface area (Å²) in [5.41, 5.74) is 6.87. The van der Waals surface area contributed by atoms with Crippen molar-refractivity contribution in [1.82, 2.24) is 5.32 Å². The second-order valence-electron chi connectivity index (χ2n) is 13.5. The minimum atomic E-state index is -0.339. The molecule has 1 heterocycles. The van der Waals surface area contributed by atoms with Crippen LogP contribution in [0.5, 0.6) is 0 Å². The highest BCUT2D eigenvalue weighted by Gasteiger charge is 2.27. The molecule has 0 bridgehead atoms. The minimum absolute atomic E-state index is 0.192. The van der Waals surface area contributed by atoms with E-state index in [4.69, 9.17) is 4.74 Å². The zero-order chi connectivity index (χ0) is 34.2. The summed E-state index contributed by atoms with van der Waals surface area (Å²) in [4.78, 5) is 40.3. The predicted molar refractivity (Wildman–Crippen MR) is 198 cm³/mol. The molecule has 1 fully saturated rings. The lowest BCUT2D eigenvalue weighted by Crippen LogP contribution is -2.34. The van der Waals surface area contributed by atoms with Gasteiger partial charge in [-0.2, -0.15) is 0 Å². The van der Waals surface area contributed by atoms with Gasteiger partial charge in [0.15, 0.2) is 0 Å². The highest BCUT2D eigenvalue weighted by molar-refractivity contribution is 7.17. The molecule has 2 aliphatic rings. The number of hydrogen-bond acceptors (Lipinski definition) is 6. The Labute approximate surface area is 293 Å². The van der Waals surface area contributed by atoms with Crippen LogP contribution in [0.15, 0.2) is 72.8 Å². The minimum Gasteiger partial charge on any atom is -0.465 e. The zero-order valence-corrected chi connectivity index (χ0v) is 29.4. The third-order valence-electron chi connectivity index (χ3n) is 10.1. The van der Waals surface area contributed by atoms with Crippen molar-refractivity contribution in [3.63, 3.8) is 0 Å². The van der Waals surface area contributed by atoms with E-state index in [1.807, 2.05) is 54.6 Å². The number of nitrogens with one attached hydrogen (secondary N) is 3. The van der Waals surface area contributed by atoms with E-state index in [1.54, 1.807) is 12.1 Å². The van der Waals surface area contributed by atoms with Gasteiger partial charge in [0.05, 0.1) is 18.2 Å². The summed E-state index contributed by atoms with van der Waals surface area (Å²) in [5, 5.41) is 10.5. The summed E-state index contributed by atoms with van der Waals surface area (Å²) >= 11 is 1.54. The van der Waals surface area contributed by atoms with Crippen LogP contribution in [0.3, 0.4) is 0 Å². The third-order valence-corrected chi connectivity index (χ3v) is 11.3. The van der Waals surface area contributed by atoms with Gasteiger partial charge in [0.25, 0.3) is 11.8 Å². The molecule has 2 amide bonds. The van der Waals surface area contributed by atoms with Crippen LogP contribution >= 0.6 is 11.3 Å². The van der Waals surface area contributed by atoms with Crippen LogP contribution in [-0.2, 0) is 37.0 Å². The molecule has 1 aromatic heterocycles. The first-order chi connectivity index (χ1) is 23.9. The van der Waals surface area contributed by atoms with Gasteiger partial charge in [-0.05, 0) is 123 Å². The van der Waals surface area contributed by atoms with Crippen molar-refractivity contribution in [2.45, 2.75) is 90.1 Å². The van der Waals surface area contributed by atoms with E-state index in [9.17, 15) is 14.4 Å². The van der Waals surface area contributed by atoms with Crippen LogP contribution in [0.2, 0.25) is 0 Å². The molecule has 0 radical (unpaired) electrons. The number of fused-ring (bicyclic) bond motifs is 1. The molecule has 3 aromatic carbocycles. The molecule has 0 aliphatic heterocycles. The van der Waals surface area contributed by atoms with Crippen LogP contribution in [-0.4, -0.2) is 30.9 Å². The first-order valence-electron chi connectivity index (χ1n) is 17.7. The molecule has 256 valence electrons. The molecule has 2 aliphatic carbocycles. The van der Waals surface area contributed by atoms with Gasteiger partial charge in [0.2, 0.25) is 0 Å². The average Bonchev–Trinajstić information content (AvgIpc) is 3.51. The van der Waals surface area contributed by atoms with Crippen molar-refractivity contribution in [2.75, 3.05) is 17.7 Å². The maximum absolute atomic E-state index is 13.8. The number of amides is 2. The number of carbonyl (C=O) groups is 3. The molecule has 0 saturated heterocycles. The summed E-state index contributed by atoms with van der Waals surface area (Å²) in [5.74, 6) is -0.00562. The largest absolute Gasteiger partial charge is 0.465 e. The molecule has 1 saturated carbocycles. The number of ether oxygens (including phenoxy) is 1. The summed E-state index contributed by atoms with van der Waals surface area (Å²) in [6.45, 7) is 3.01. The molecular weight excluding hydrogens is 631 g/mol. The topological polar surface area (TPSA) is 96.5 Å². The highest BCUT2D eigenvalue weighted by atomic mass is 32.1. The Kier molecular flexibility index (Phi) is 11.6. The Morgan fingerprint density at radius 3 is 2.18 bits per heavy atom. The molecular formula is C41H47N3O4S. The number of hydrogen-bond donors (Lipinski definition) is 3. The molecule has 49 heavy (non-hydrogen) atoms. The summed E-state index contributed by atoms with van der Waals surface area (Å²) in [6.07, 6.45) is 12.1. The van der Waals surface area contributed by atoms with Gasteiger partial charge in [0.1, 0.15) is 5.00 Å². The molecule has 0 spiro atoms. The van der Waals surface area contributed by atoms with Crippen LogP contribution in [0.25, 0.3) is 0 Å². The first-order valence-corrected chi connectivity index (χ1v) is 18.6. The highest BCUT2D eigenvalue weighted by Crippen LogP contribution is 2.39. The van der Waals surface area contributed by atoms with Crippen molar-refractivity contribution in [1.29, 1.82) is 0 Å². The lowest BCUT2D eigenvalue weighted by molar-refractivity contribution is 0.0600. The summed E-state index contributed by atoms with van der Waals surface area (Å²) in [6, 6.07) is 23.6. The summed E-state index contributed by atoms with van der Waals surface area (Å²) < 4.78 is 4.78. The number of esters is 1. The molecule has 6 rings (SSSR count). The Bertz CT molecular complexity index is 1760. The number of carbonyl (C=O) groups excluding carboxylic acids is 3. The van der Waals surface area contributed by atoms with Gasteiger partial charge in [0, 0.05) is 28.7 Å². The van der Waals surface area contributed by atoms with Crippen LogP contribution < -0.4 is 16.0 Å². The quantitative estimate of drug-likeness (QED) is 0.130. The summed E-state index contributed by atoms with van der Waals surface area (Å²) in [7, 11) is 1.38. The normalized spacial score (nSPS) is 15.2. The van der Waals surface area contributed by atoms with E-state index >= 15 is 0 Å². The number of rotatable bonds is 12. The Morgan fingerprint density at radius 2 is 1.47 bits per heavy atom. The van der Waals surface area contributed by atoms with Crippen molar-refractivity contribution in [2.24, 2.45) is 5.92 Å². The van der Waals surface area contributed by atoms with Crippen LogP contribution in [0.4, 0.5) is 10.7 Å². The first kappa shape index (κ1) is 34.6. The second-order valence-corrected chi connectivity index (χ2v) is 14.6. The van der Waals surface area contributed by atoms with Gasteiger partial charge in [-0.15, -0.1) is 11.3 Å². The molecule has 0 unspecified atom stereocenters. The SMILES string of the molecule is COC(=O)c1ccc(CCc2ccc(NC(=O)c3c(NC(=O)c4cccc(CN[C@H](C)C5CCCCC5)c4)sc4c3CCCC4)cc2)cc1. The van der Waals surface area contributed by atoms with Crippen molar-refractivity contribution >= 4 is 39.8 Å². The van der Waals surface area contributed by atoms with E-state index in [-0.39, 0.29) is 17.8 Å². The fourth-order valence-corrected chi connectivity index (χ4v) is 8.42. The fraction of sp³-hybridized carbons (Fsp3) is 0.390. The van der Waals surface area contributed by atoms with E-state index in [0.717, 1.165) is 73.2 Å². The van der Waals surface area contributed by atoms with Gasteiger partial charge in [-0.1, -0.05) is 55.7 Å². The van der Waals surface area contributed by atoms with Crippen molar-refractivity contribution < 1.29 is 19.1 Å². The number of methoxy groups -OCH3 is 1. The molecule has 3 N–H and O–H groups in total. The predicted octanol–water partition coefficient (Wildman–Crippen LogP) is 8.76. The Hall–Kier alpha value is -4.27. The second kappa shape index (κ2) is 16.4. The third kappa shape index (κ3) is 8.86. The molecule has 4 aromatic rings. The zero-order valence-electron chi connectivity index (χ0n) is 28.6. The van der Waals surface area contributed by atoms with E-state index in [0.29, 0.717) is 33.4 Å². The number of anilines is 2. The van der Waals surface area contributed by atoms with E-state index < -0.39 is 0 Å². The number of benzene rings is 3. The monoisotopic (exact) mass is 677 g/mol. The van der Waals surface area contributed by atoms with E-state index in [1.165, 1.54) is 55.4 Å². The molecule has 1 atom stereocenters. The van der Waals surface area contributed by atoms with Gasteiger partial charge < -0.3 is 20.7 Å². The van der Waals surface area contributed by atoms with E-state index in [2.05, 4.69) is 28.9 Å². The standard InChI is InChI=1S/C41H47N3O4S/c1-27(31-10-4-3-5-11-31)42-26-30-9-8-12-33(25-30)38(45)44-40-37(35-13-6-7-14-36(35)49-40)39(46)43-34-23-19-29(20-24-34)16-15-28-17-21-32(22-18-28)41(47)48-2/h8-9,12,17-25,27,31,42H,3-7,10-11,13-16,26H2,1-2H3,(H,43,46)(H,44,45)/t27-/m1/s1. The van der Waals surface area contributed by atoms with Crippen LogP contribution in [0, 0.1) is 5.92 Å².